The molecule has 0 radical (unpaired) electrons. The van der Waals surface area contributed by atoms with E-state index in [-0.39, 0.29) is 11.9 Å². The highest BCUT2D eigenvalue weighted by molar-refractivity contribution is 5.96. The second-order valence-electron chi connectivity index (χ2n) is 6.77. The van der Waals surface area contributed by atoms with Gasteiger partial charge < -0.3 is 9.47 Å². The number of piperidine rings is 1. The van der Waals surface area contributed by atoms with Crippen molar-refractivity contribution in [1.82, 2.24) is 24.6 Å². The maximum atomic E-state index is 13.2. The number of nitrogens with zero attached hydrogens (tertiary/aromatic N) is 4. The van der Waals surface area contributed by atoms with Crippen molar-refractivity contribution in [3.8, 4) is 0 Å². The normalized spacial score (nSPS) is 21.7. The van der Waals surface area contributed by atoms with Gasteiger partial charge >= 0.3 is 0 Å². The van der Waals surface area contributed by atoms with Crippen molar-refractivity contribution in [2.24, 2.45) is 0 Å². The molecule has 1 atom stereocenters. The Hall–Kier alpha value is -2.11. The monoisotopic (exact) mass is 313 g/mol. The van der Waals surface area contributed by atoms with Gasteiger partial charge in [-0.25, -0.2) is 4.98 Å². The lowest BCUT2D eigenvalue weighted by Gasteiger charge is -2.34. The molecule has 1 saturated heterocycles. The number of likely N-dealkylation sites (tertiary alicyclic amines) is 1. The van der Waals surface area contributed by atoms with E-state index in [0.717, 1.165) is 42.9 Å². The number of rotatable bonds is 3. The standard InChI is InChI=1S/C17H23N5O/c1-11-9-14(12(2)22(11)13-6-7-13)17(23)21-8-4-3-5-15(21)16-18-10-19-20-16/h9-10,13,15H,3-8H2,1-2H3,(H,18,19,20)/t15-/m0/s1. The van der Waals surface area contributed by atoms with Crippen LogP contribution in [0.2, 0.25) is 0 Å². The molecule has 1 saturated carbocycles. The lowest BCUT2D eigenvalue weighted by Crippen LogP contribution is -2.39. The molecule has 2 aliphatic rings. The summed E-state index contributed by atoms with van der Waals surface area (Å²) in [6.45, 7) is 4.97. The minimum Gasteiger partial charge on any atom is -0.345 e. The maximum Gasteiger partial charge on any atom is 0.256 e. The number of nitrogens with one attached hydrogen (secondary N) is 1. The Morgan fingerprint density at radius 3 is 2.78 bits per heavy atom. The summed E-state index contributed by atoms with van der Waals surface area (Å²) >= 11 is 0. The van der Waals surface area contributed by atoms with Crippen LogP contribution in [0.15, 0.2) is 12.4 Å². The number of carbonyl (C=O) groups excluding carboxylic acids is 1. The Labute approximate surface area is 135 Å². The van der Waals surface area contributed by atoms with Gasteiger partial charge in [0.15, 0.2) is 0 Å². The fourth-order valence-electron chi connectivity index (χ4n) is 3.88. The van der Waals surface area contributed by atoms with Gasteiger partial charge in [0.1, 0.15) is 12.2 Å². The largest absolute Gasteiger partial charge is 0.345 e. The molecular weight excluding hydrogens is 290 g/mol. The Kier molecular flexibility index (Phi) is 3.47. The van der Waals surface area contributed by atoms with E-state index < -0.39 is 0 Å². The molecule has 3 heterocycles. The van der Waals surface area contributed by atoms with Gasteiger partial charge in [0.05, 0.1) is 11.6 Å². The van der Waals surface area contributed by atoms with Crippen LogP contribution in [-0.4, -0.2) is 37.1 Å². The predicted molar refractivity (Wildman–Crippen MR) is 86.2 cm³/mol. The van der Waals surface area contributed by atoms with Crippen LogP contribution in [0.5, 0.6) is 0 Å². The van der Waals surface area contributed by atoms with Crippen molar-refractivity contribution < 1.29 is 4.79 Å². The highest BCUT2D eigenvalue weighted by Gasteiger charge is 2.34. The molecule has 6 nitrogen and oxygen atoms in total. The van der Waals surface area contributed by atoms with Crippen LogP contribution in [0.4, 0.5) is 0 Å². The number of aryl methyl sites for hydroxylation is 1. The molecule has 1 N–H and O–H groups in total. The summed E-state index contributed by atoms with van der Waals surface area (Å²) in [5.41, 5.74) is 3.15. The number of amides is 1. The zero-order valence-electron chi connectivity index (χ0n) is 13.7. The van der Waals surface area contributed by atoms with Gasteiger partial charge in [-0.15, -0.1) is 0 Å². The van der Waals surface area contributed by atoms with E-state index >= 15 is 0 Å². The summed E-state index contributed by atoms with van der Waals surface area (Å²) in [6, 6.07) is 2.67. The molecule has 23 heavy (non-hydrogen) atoms. The summed E-state index contributed by atoms with van der Waals surface area (Å²) in [5, 5.41) is 6.90. The zero-order chi connectivity index (χ0) is 16.0. The van der Waals surface area contributed by atoms with E-state index in [0.29, 0.717) is 6.04 Å². The number of aromatic amines is 1. The van der Waals surface area contributed by atoms with E-state index in [1.807, 2.05) is 4.90 Å². The van der Waals surface area contributed by atoms with Gasteiger partial charge in [-0.2, -0.15) is 5.10 Å². The molecule has 1 aliphatic heterocycles. The number of carbonyl (C=O) groups is 1. The predicted octanol–water partition coefficient (Wildman–Crippen LogP) is 2.93. The molecule has 2 aromatic heterocycles. The fourth-order valence-corrected chi connectivity index (χ4v) is 3.88. The van der Waals surface area contributed by atoms with Gasteiger partial charge in [-0.1, -0.05) is 0 Å². The minimum absolute atomic E-state index is 0.0164. The molecule has 4 rings (SSSR count). The van der Waals surface area contributed by atoms with Crippen molar-refractivity contribution in [2.45, 2.75) is 58.0 Å². The van der Waals surface area contributed by atoms with Crippen molar-refractivity contribution in [1.29, 1.82) is 0 Å². The van der Waals surface area contributed by atoms with Gasteiger partial charge in [0, 0.05) is 24.0 Å². The molecule has 0 bridgehead atoms. The van der Waals surface area contributed by atoms with Crippen molar-refractivity contribution in [2.75, 3.05) is 6.54 Å². The summed E-state index contributed by atoms with van der Waals surface area (Å²) in [7, 11) is 0. The summed E-state index contributed by atoms with van der Waals surface area (Å²) in [6.07, 6.45) is 7.10. The van der Waals surface area contributed by atoms with Gasteiger partial charge in [-0.3, -0.25) is 9.89 Å². The molecule has 1 amide bonds. The lowest BCUT2D eigenvalue weighted by molar-refractivity contribution is 0.0599. The van der Waals surface area contributed by atoms with Gasteiger partial charge in [0.2, 0.25) is 0 Å². The third kappa shape index (κ3) is 2.46. The van der Waals surface area contributed by atoms with Crippen molar-refractivity contribution in [3.63, 3.8) is 0 Å². The second-order valence-corrected chi connectivity index (χ2v) is 6.77. The Bertz CT molecular complexity index is 714. The van der Waals surface area contributed by atoms with E-state index in [1.54, 1.807) is 0 Å². The minimum atomic E-state index is 0.0164. The number of H-pyrrole nitrogens is 1. The summed E-state index contributed by atoms with van der Waals surface area (Å²) in [5.74, 6) is 0.931. The van der Waals surface area contributed by atoms with Crippen molar-refractivity contribution in [3.05, 3.63) is 35.2 Å². The highest BCUT2D eigenvalue weighted by Crippen LogP contribution is 2.39. The van der Waals surface area contributed by atoms with E-state index in [1.165, 1.54) is 24.9 Å². The summed E-state index contributed by atoms with van der Waals surface area (Å²) in [4.78, 5) is 19.4. The first-order chi connectivity index (χ1) is 11.2. The van der Waals surface area contributed by atoms with Crippen LogP contribution < -0.4 is 0 Å². The first-order valence-electron chi connectivity index (χ1n) is 8.51. The van der Waals surface area contributed by atoms with Crippen LogP contribution in [0, 0.1) is 13.8 Å². The van der Waals surface area contributed by atoms with Crippen LogP contribution in [0.3, 0.4) is 0 Å². The highest BCUT2D eigenvalue weighted by atomic mass is 16.2. The topological polar surface area (TPSA) is 66.8 Å². The lowest BCUT2D eigenvalue weighted by atomic mass is 10.00. The molecular formula is C17H23N5O. The second kappa shape index (κ2) is 5.51. The number of hydrogen-bond acceptors (Lipinski definition) is 3. The van der Waals surface area contributed by atoms with Crippen LogP contribution >= 0.6 is 0 Å². The quantitative estimate of drug-likeness (QED) is 0.947. The van der Waals surface area contributed by atoms with E-state index in [9.17, 15) is 4.79 Å². The SMILES string of the molecule is Cc1cc(C(=O)N2CCCC[C@H]2c2ncn[nH]2)c(C)n1C1CC1. The van der Waals surface area contributed by atoms with Gasteiger partial charge in [0.25, 0.3) is 5.91 Å². The first-order valence-corrected chi connectivity index (χ1v) is 8.51. The van der Waals surface area contributed by atoms with Gasteiger partial charge in [-0.05, 0) is 52.0 Å². The molecule has 0 unspecified atom stereocenters. The molecule has 6 heteroatoms. The smallest absolute Gasteiger partial charge is 0.256 e. The molecule has 1 aliphatic carbocycles. The molecule has 122 valence electrons. The molecule has 2 fully saturated rings. The third-order valence-corrected chi connectivity index (χ3v) is 5.14. The van der Waals surface area contributed by atoms with Crippen LogP contribution in [0.1, 0.15) is 71.8 Å². The Balaban J connectivity index is 1.66. The Morgan fingerprint density at radius 2 is 2.09 bits per heavy atom. The average Bonchev–Trinajstić information content (AvgIpc) is 3.14. The average molecular weight is 313 g/mol. The van der Waals surface area contributed by atoms with Crippen molar-refractivity contribution >= 4 is 5.91 Å². The first kappa shape index (κ1) is 14.5. The van der Waals surface area contributed by atoms with Crippen LogP contribution in [-0.2, 0) is 0 Å². The molecule has 2 aromatic rings. The molecule has 0 aromatic carbocycles. The Morgan fingerprint density at radius 1 is 1.26 bits per heavy atom. The van der Waals surface area contributed by atoms with E-state index in [2.05, 4.69) is 39.7 Å². The fraction of sp³-hybridized carbons (Fsp3) is 0.588. The number of hydrogen-bond donors (Lipinski definition) is 1. The third-order valence-electron chi connectivity index (χ3n) is 5.14. The number of aromatic nitrogens is 4. The van der Waals surface area contributed by atoms with Crippen LogP contribution in [0.25, 0.3) is 0 Å². The molecule has 0 spiro atoms. The van der Waals surface area contributed by atoms with E-state index in [4.69, 9.17) is 0 Å². The summed E-state index contributed by atoms with van der Waals surface area (Å²) < 4.78 is 2.33. The maximum absolute atomic E-state index is 13.2. The zero-order valence-corrected chi connectivity index (χ0v) is 13.7.